The number of ketones is 1. The molecule has 1 heterocycles. The number of carbonyl (C=O) groups excluding carboxylic acids is 3. The van der Waals surface area contributed by atoms with Gasteiger partial charge in [-0.15, -0.1) is 0 Å². The van der Waals surface area contributed by atoms with Gasteiger partial charge in [0.2, 0.25) is 5.91 Å². The van der Waals surface area contributed by atoms with E-state index in [1.165, 1.54) is 23.1 Å². The SMILES string of the molecule is NNC(=O)CCCCCN1C(=O)C(=O)c2ccc(F)cc21. The van der Waals surface area contributed by atoms with Crippen LogP contribution in [0.3, 0.4) is 0 Å². The summed E-state index contributed by atoms with van der Waals surface area (Å²) in [5.74, 6) is 3.00. The average molecular weight is 293 g/mol. The number of halogens is 1. The molecule has 0 radical (unpaired) electrons. The second-order valence-corrected chi connectivity index (χ2v) is 4.83. The van der Waals surface area contributed by atoms with E-state index in [4.69, 9.17) is 5.84 Å². The Morgan fingerprint density at radius 3 is 2.71 bits per heavy atom. The highest BCUT2D eigenvalue weighted by molar-refractivity contribution is 6.52. The summed E-state index contributed by atoms with van der Waals surface area (Å²) in [6.07, 6.45) is 2.27. The first-order valence-electron chi connectivity index (χ1n) is 6.70. The molecule has 0 aromatic heterocycles. The number of nitrogens with one attached hydrogen (secondary N) is 1. The molecule has 0 unspecified atom stereocenters. The van der Waals surface area contributed by atoms with Gasteiger partial charge in [-0.25, -0.2) is 10.2 Å². The minimum absolute atomic E-state index is 0.240. The van der Waals surface area contributed by atoms with Crippen molar-refractivity contribution in [3.8, 4) is 0 Å². The molecule has 0 bridgehead atoms. The molecule has 0 fully saturated rings. The fourth-order valence-corrected chi connectivity index (χ4v) is 2.29. The number of benzene rings is 1. The molecule has 6 nitrogen and oxygen atoms in total. The lowest BCUT2D eigenvalue weighted by atomic mass is 10.1. The minimum Gasteiger partial charge on any atom is -0.305 e. The van der Waals surface area contributed by atoms with Crippen molar-refractivity contribution in [2.24, 2.45) is 5.84 Å². The Morgan fingerprint density at radius 2 is 2.00 bits per heavy atom. The highest BCUT2D eigenvalue weighted by Crippen LogP contribution is 2.29. The quantitative estimate of drug-likeness (QED) is 0.268. The number of anilines is 1. The normalized spacial score (nSPS) is 13.5. The third kappa shape index (κ3) is 3.25. The van der Waals surface area contributed by atoms with Crippen molar-refractivity contribution in [3.63, 3.8) is 0 Å². The zero-order valence-electron chi connectivity index (χ0n) is 11.4. The first-order valence-corrected chi connectivity index (χ1v) is 6.70. The Bertz CT molecular complexity index is 589. The van der Waals surface area contributed by atoms with Crippen molar-refractivity contribution < 1.29 is 18.8 Å². The van der Waals surface area contributed by atoms with Crippen LogP contribution >= 0.6 is 0 Å². The molecule has 0 aliphatic carbocycles. The molecule has 21 heavy (non-hydrogen) atoms. The van der Waals surface area contributed by atoms with Gasteiger partial charge in [0, 0.05) is 13.0 Å². The first kappa shape index (κ1) is 15.1. The number of hydrogen-bond acceptors (Lipinski definition) is 4. The van der Waals surface area contributed by atoms with E-state index in [1.54, 1.807) is 0 Å². The topological polar surface area (TPSA) is 92.5 Å². The van der Waals surface area contributed by atoms with Gasteiger partial charge in [0.05, 0.1) is 11.3 Å². The van der Waals surface area contributed by atoms with Crippen LogP contribution in [0.4, 0.5) is 10.1 Å². The van der Waals surface area contributed by atoms with Crippen molar-refractivity contribution in [2.75, 3.05) is 11.4 Å². The Hall–Kier alpha value is -2.28. The molecule has 112 valence electrons. The van der Waals surface area contributed by atoms with Crippen LogP contribution in [0.1, 0.15) is 36.0 Å². The summed E-state index contributed by atoms with van der Waals surface area (Å²) >= 11 is 0. The molecule has 1 aromatic rings. The van der Waals surface area contributed by atoms with Gasteiger partial charge in [-0.1, -0.05) is 6.42 Å². The molecular formula is C14H16FN3O3. The maximum Gasteiger partial charge on any atom is 0.299 e. The highest BCUT2D eigenvalue weighted by atomic mass is 19.1. The summed E-state index contributed by atoms with van der Waals surface area (Å²) in [5.41, 5.74) is 2.60. The lowest BCUT2D eigenvalue weighted by Gasteiger charge is -2.16. The molecule has 0 saturated heterocycles. The van der Waals surface area contributed by atoms with Crippen LogP contribution in [0, 0.1) is 5.82 Å². The molecule has 0 atom stereocenters. The second kappa shape index (κ2) is 6.45. The van der Waals surface area contributed by atoms with Gasteiger partial charge >= 0.3 is 0 Å². The number of Topliss-reactive ketones (excluding diaryl/α,β-unsaturated/α-hetero) is 1. The van der Waals surface area contributed by atoms with E-state index in [9.17, 15) is 18.8 Å². The number of carbonyl (C=O) groups is 3. The van der Waals surface area contributed by atoms with Crippen molar-refractivity contribution in [3.05, 3.63) is 29.6 Å². The average Bonchev–Trinajstić information content (AvgIpc) is 2.70. The van der Waals surface area contributed by atoms with Crippen LogP contribution in [0.25, 0.3) is 0 Å². The Balaban J connectivity index is 1.92. The fraction of sp³-hybridized carbons (Fsp3) is 0.357. The molecule has 1 aliphatic rings. The van der Waals surface area contributed by atoms with Crippen LogP contribution in [-0.4, -0.2) is 24.1 Å². The molecule has 2 rings (SSSR count). The largest absolute Gasteiger partial charge is 0.305 e. The monoisotopic (exact) mass is 293 g/mol. The standard InChI is InChI=1S/C14H16FN3O3/c15-9-5-6-10-11(8-9)18(14(21)13(10)20)7-3-1-2-4-12(19)17-16/h5-6,8H,1-4,7,16H2,(H,17,19). The number of nitrogens with two attached hydrogens (primary N) is 1. The van der Waals surface area contributed by atoms with Gasteiger partial charge in [-0.05, 0) is 31.0 Å². The predicted molar refractivity (Wildman–Crippen MR) is 73.9 cm³/mol. The summed E-state index contributed by atoms with van der Waals surface area (Å²) in [5, 5.41) is 0. The van der Waals surface area contributed by atoms with E-state index in [1.807, 2.05) is 5.43 Å². The van der Waals surface area contributed by atoms with Crippen molar-refractivity contribution in [1.29, 1.82) is 0 Å². The van der Waals surface area contributed by atoms with Gasteiger partial charge in [-0.2, -0.15) is 0 Å². The number of nitrogens with zero attached hydrogens (tertiary/aromatic N) is 1. The Labute approximate surface area is 121 Å². The van der Waals surface area contributed by atoms with Crippen molar-refractivity contribution in [2.45, 2.75) is 25.7 Å². The van der Waals surface area contributed by atoms with E-state index in [0.717, 1.165) is 0 Å². The first-order chi connectivity index (χ1) is 10.0. The van der Waals surface area contributed by atoms with Crippen LogP contribution in [0.2, 0.25) is 0 Å². The molecule has 7 heteroatoms. The molecule has 1 aliphatic heterocycles. The number of unbranched alkanes of at least 4 members (excludes halogenated alkanes) is 2. The summed E-state index contributed by atoms with van der Waals surface area (Å²) in [6.45, 7) is 0.325. The van der Waals surface area contributed by atoms with Crippen LogP contribution < -0.4 is 16.2 Å². The van der Waals surface area contributed by atoms with Gasteiger partial charge in [-0.3, -0.25) is 19.8 Å². The minimum atomic E-state index is -0.629. The Morgan fingerprint density at radius 1 is 1.24 bits per heavy atom. The fourth-order valence-electron chi connectivity index (χ4n) is 2.29. The van der Waals surface area contributed by atoms with Crippen LogP contribution in [0.15, 0.2) is 18.2 Å². The smallest absolute Gasteiger partial charge is 0.299 e. The molecule has 0 spiro atoms. The molecule has 3 N–H and O–H groups in total. The molecule has 0 saturated carbocycles. The second-order valence-electron chi connectivity index (χ2n) is 4.83. The van der Waals surface area contributed by atoms with Gasteiger partial charge in [0.25, 0.3) is 11.7 Å². The van der Waals surface area contributed by atoms with Crippen molar-refractivity contribution in [1.82, 2.24) is 5.43 Å². The van der Waals surface area contributed by atoms with Crippen LogP contribution in [-0.2, 0) is 9.59 Å². The number of fused-ring (bicyclic) bond motifs is 1. The van der Waals surface area contributed by atoms with E-state index in [0.29, 0.717) is 37.9 Å². The number of rotatable bonds is 6. The summed E-state index contributed by atoms with van der Waals surface area (Å²) in [7, 11) is 0. The number of hydrogen-bond donors (Lipinski definition) is 2. The van der Waals surface area contributed by atoms with Crippen molar-refractivity contribution >= 4 is 23.3 Å². The number of amides is 2. The third-order valence-corrected chi connectivity index (χ3v) is 3.38. The van der Waals surface area contributed by atoms with E-state index in [2.05, 4.69) is 0 Å². The zero-order valence-corrected chi connectivity index (χ0v) is 11.4. The van der Waals surface area contributed by atoms with Gasteiger partial charge in [0.15, 0.2) is 0 Å². The highest BCUT2D eigenvalue weighted by Gasteiger charge is 2.35. The van der Waals surface area contributed by atoms with E-state index in [-0.39, 0.29) is 11.5 Å². The van der Waals surface area contributed by atoms with E-state index >= 15 is 0 Å². The number of hydrazine groups is 1. The summed E-state index contributed by atoms with van der Waals surface area (Å²) in [4.78, 5) is 35.9. The molecule has 2 amide bonds. The van der Waals surface area contributed by atoms with E-state index < -0.39 is 17.5 Å². The maximum absolute atomic E-state index is 13.3. The lowest BCUT2D eigenvalue weighted by Crippen LogP contribution is -2.31. The van der Waals surface area contributed by atoms with Gasteiger partial charge < -0.3 is 4.90 Å². The van der Waals surface area contributed by atoms with Crippen LogP contribution in [0.5, 0.6) is 0 Å². The van der Waals surface area contributed by atoms with Gasteiger partial charge in [0.1, 0.15) is 5.82 Å². The molecule has 1 aromatic carbocycles. The summed E-state index contributed by atoms with van der Waals surface area (Å²) in [6, 6.07) is 3.69. The predicted octanol–water partition coefficient (Wildman–Crippen LogP) is 0.905. The Kier molecular flexibility index (Phi) is 4.64. The molecular weight excluding hydrogens is 277 g/mol. The third-order valence-electron chi connectivity index (χ3n) is 3.38. The zero-order chi connectivity index (χ0) is 15.4. The lowest BCUT2D eigenvalue weighted by molar-refractivity contribution is -0.121. The summed E-state index contributed by atoms with van der Waals surface area (Å²) < 4.78 is 13.3. The maximum atomic E-state index is 13.3.